The van der Waals surface area contributed by atoms with Crippen LogP contribution in [0.4, 0.5) is 10.5 Å². The van der Waals surface area contributed by atoms with Gasteiger partial charge in [0.05, 0.1) is 13.7 Å². The Labute approximate surface area is 148 Å². The predicted octanol–water partition coefficient (Wildman–Crippen LogP) is 1.81. The molecule has 2 aromatic rings. The van der Waals surface area contributed by atoms with E-state index in [1.54, 1.807) is 13.3 Å². The molecule has 1 fully saturated rings. The van der Waals surface area contributed by atoms with Gasteiger partial charge in [-0.25, -0.2) is 4.79 Å². The molecule has 1 aliphatic heterocycles. The highest BCUT2D eigenvalue weighted by atomic mass is 16.5. The fourth-order valence-corrected chi connectivity index (χ4v) is 3.00. The van der Waals surface area contributed by atoms with Crippen LogP contribution < -0.4 is 15.0 Å². The Bertz CT molecular complexity index is 663. The summed E-state index contributed by atoms with van der Waals surface area (Å²) in [7, 11) is 1.67. The second kappa shape index (κ2) is 7.92. The zero-order chi connectivity index (χ0) is 17.6. The lowest BCUT2D eigenvalue weighted by Crippen LogP contribution is -2.53. The van der Waals surface area contributed by atoms with Crippen molar-refractivity contribution >= 4 is 11.7 Å². The minimum absolute atomic E-state index is 0.00552. The fraction of sp³-hybridized carbons (Fsp3) is 0.444. The van der Waals surface area contributed by atoms with E-state index in [9.17, 15) is 4.79 Å². The van der Waals surface area contributed by atoms with E-state index in [2.05, 4.69) is 27.4 Å². The number of hydrogen-bond acceptors (Lipinski definition) is 4. The summed E-state index contributed by atoms with van der Waals surface area (Å²) in [6.07, 6.45) is 3.64. The van der Waals surface area contributed by atoms with Crippen molar-refractivity contribution in [3.05, 3.63) is 42.7 Å². The quantitative estimate of drug-likeness (QED) is 0.899. The molecule has 25 heavy (non-hydrogen) atoms. The molecule has 0 bridgehead atoms. The van der Waals surface area contributed by atoms with Crippen molar-refractivity contribution in [2.75, 3.05) is 38.2 Å². The van der Waals surface area contributed by atoms with Gasteiger partial charge in [-0.15, -0.1) is 0 Å². The van der Waals surface area contributed by atoms with Gasteiger partial charge < -0.3 is 19.9 Å². The highest BCUT2D eigenvalue weighted by Crippen LogP contribution is 2.20. The number of carbonyl (C=O) groups is 1. The van der Waals surface area contributed by atoms with Crippen molar-refractivity contribution in [3.63, 3.8) is 0 Å². The molecule has 7 heteroatoms. The molecule has 1 atom stereocenters. The molecule has 2 heterocycles. The molecule has 1 aliphatic rings. The Balaban J connectivity index is 1.46. The standard InChI is InChI=1S/C18H25N5O2/c1-15(14-23-9-3-8-19-23)20-18(24)22-12-10-21(11-13-22)16-4-6-17(25-2)7-5-16/h3-9,15H,10-14H2,1-2H3,(H,20,24). The van der Waals surface area contributed by atoms with Crippen LogP contribution in [0.15, 0.2) is 42.7 Å². The van der Waals surface area contributed by atoms with Gasteiger partial charge in [-0.3, -0.25) is 4.68 Å². The Kier molecular flexibility index (Phi) is 5.42. The summed E-state index contributed by atoms with van der Waals surface area (Å²) in [4.78, 5) is 16.6. The minimum Gasteiger partial charge on any atom is -0.497 e. The van der Waals surface area contributed by atoms with Gasteiger partial charge >= 0.3 is 6.03 Å². The number of nitrogens with one attached hydrogen (secondary N) is 1. The van der Waals surface area contributed by atoms with Gasteiger partial charge in [0.15, 0.2) is 0 Å². The summed E-state index contributed by atoms with van der Waals surface area (Å²) in [5, 5.41) is 7.22. The highest BCUT2D eigenvalue weighted by molar-refractivity contribution is 5.74. The number of piperazine rings is 1. The van der Waals surface area contributed by atoms with Crippen LogP contribution in [0.2, 0.25) is 0 Å². The van der Waals surface area contributed by atoms with Gasteiger partial charge in [0.2, 0.25) is 0 Å². The maximum Gasteiger partial charge on any atom is 0.317 e. The Morgan fingerprint density at radius 1 is 1.24 bits per heavy atom. The SMILES string of the molecule is COc1ccc(N2CCN(C(=O)NC(C)Cn3cccn3)CC2)cc1. The van der Waals surface area contributed by atoms with Crippen molar-refractivity contribution in [2.45, 2.75) is 19.5 Å². The largest absolute Gasteiger partial charge is 0.497 e. The molecule has 134 valence electrons. The Hall–Kier alpha value is -2.70. The summed E-state index contributed by atoms with van der Waals surface area (Å²) in [6, 6.07) is 9.95. The number of benzene rings is 1. The van der Waals surface area contributed by atoms with Crippen LogP contribution in [-0.2, 0) is 6.54 Å². The Morgan fingerprint density at radius 2 is 1.96 bits per heavy atom. The smallest absolute Gasteiger partial charge is 0.317 e. The number of carbonyl (C=O) groups excluding carboxylic acids is 1. The third-order valence-corrected chi connectivity index (χ3v) is 4.39. The number of aromatic nitrogens is 2. The molecule has 1 N–H and O–H groups in total. The van der Waals surface area contributed by atoms with Crippen LogP contribution in [0, 0.1) is 0 Å². The lowest BCUT2D eigenvalue weighted by molar-refractivity contribution is 0.189. The topological polar surface area (TPSA) is 62.6 Å². The first-order chi connectivity index (χ1) is 12.2. The maximum absolute atomic E-state index is 12.4. The van der Waals surface area contributed by atoms with E-state index in [0.29, 0.717) is 19.6 Å². The molecule has 0 aliphatic carbocycles. The number of ether oxygens (including phenoxy) is 1. The molecule has 1 aromatic carbocycles. The van der Waals surface area contributed by atoms with E-state index in [0.717, 1.165) is 24.5 Å². The monoisotopic (exact) mass is 343 g/mol. The van der Waals surface area contributed by atoms with Crippen LogP contribution in [0.1, 0.15) is 6.92 Å². The van der Waals surface area contributed by atoms with Gasteiger partial charge in [-0.2, -0.15) is 5.10 Å². The van der Waals surface area contributed by atoms with Crippen LogP contribution in [0.3, 0.4) is 0 Å². The fourth-order valence-electron chi connectivity index (χ4n) is 3.00. The number of nitrogens with zero attached hydrogens (tertiary/aromatic N) is 4. The molecule has 0 radical (unpaired) electrons. The zero-order valence-electron chi connectivity index (χ0n) is 14.8. The third-order valence-electron chi connectivity index (χ3n) is 4.39. The zero-order valence-corrected chi connectivity index (χ0v) is 14.8. The van der Waals surface area contributed by atoms with Gasteiger partial charge in [-0.05, 0) is 37.3 Å². The first-order valence-corrected chi connectivity index (χ1v) is 8.57. The summed E-state index contributed by atoms with van der Waals surface area (Å²) in [5.41, 5.74) is 1.16. The molecule has 1 saturated heterocycles. The number of methoxy groups -OCH3 is 1. The maximum atomic E-state index is 12.4. The molecule has 3 rings (SSSR count). The van der Waals surface area contributed by atoms with Crippen molar-refractivity contribution in [1.29, 1.82) is 0 Å². The predicted molar refractivity (Wildman–Crippen MR) is 97.0 cm³/mol. The highest BCUT2D eigenvalue weighted by Gasteiger charge is 2.22. The number of hydrogen-bond donors (Lipinski definition) is 1. The van der Waals surface area contributed by atoms with Gasteiger partial charge in [0, 0.05) is 50.3 Å². The minimum atomic E-state index is -0.00552. The average Bonchev–Trinajstić information content (AvgIpc) is 3.14. The summed E-state index contributed by atoms with van der Waals surface area (Å²) >= 11 is 0. The average molecular weight is 343 g/mol. The summed E-state index contributed by atoms with van der Waals surface area (Å²) < 4.78 is 7.02. The van der Waals surface area contributed by atoms with Gasteiger partial charge in [0.1, 0.15) is 5.75 Å². The lowest BCUT2D eigenvalue weighted by atomic mass is 10.2. The van der Waals surface area contributed by atoms with E-state index in [-0.39, 0.29) is 12.1 Å². The second-order valence-corrected chi connectivity index (χ2v) is 6.25. The molecule has 7 nitrogen and oxygen atoms in total. The third kappa shape index (κ3) is 4.43. The van der Waals surface area contributed by atoms with Gasteiger partial charge in [0.25, 0.3) is 0 Å². The van der Waals surface area contributed by atoms with Gasteiger partial charge in [-0.1, -0.05) is 0 Å². The molecule has 0 spiro atoms. The molecular formula is C18H25N5O2. The normalized spacial score (nSPS) is 15.8. The van der Waals surface area contributed by atoms with E-state index in [4.69, 9.17) is 4.74 Å². The van der Waals surface area contributed by atoms with Crippen molar-refractivity contribution in [2.24, 2.45) is 0 Å². The number of anilines is 1. The summed E-state index contributed by atoms with van der Waals surface area (Å²) in [6.45, 7) is 5.75. The first-order valence-electron chi connectivity index (χ1n) is 8.57. The molecule has 1 aromatic heterocycles. The van der Waals surface area contributed by atoms with Crippen LogP contribution in [0.25, 0.3) is 0 Å². The lowest BCUT2D eigenvalue weighted by Gasteiger charge is -2.36. The van der Waals surface area contributed by atoms with Crippen molar-refractivity contribution in [1.82, 2.24) is 20.0 Å². The summed E-state index contributed by atoms with van der Waals surface area (Å²) in [5.74, 6) is 0.855. The van der Waals surface area contributed by atoms with Crippen LogP contribution >= 0.6 is 0 Å². The van der Waals surface area contributed by atoms with E-state index in [1.807, 2.05) is 40.9 Å². The number of rotatable bonds is 5. The van der Waals surface area contributed by atoms with E-state index < -0.39 is 0 Å². The van der Waals surface area contributed by atoms with E-state index in [1.165, 1.54) is 0 Å². The van der Waals surface area contributed by atoms with Crippen LogP contribution in [0.5, 0.6) is 5.75 Å². The molecular weight excluding hydrogens is 318 g/mol. The van der Waals surface area contributed by atoms with E-state index >= 15 is 0 Å². The van der Waals surface area contributed by atoms with Crippen molar-refractivity contribution in [3.8, 4) is 5.75 Å². The molecule has 1 unspecified atom stereocenters. The Morgan fingerprint density at radius 3 is 2.56 bits per heavy atom. The second-order valence-electron chi connectivity index (χ2n) is 6.25. The number of urea groups is 1. The number of amides is 2. The van der Waals surface area contributed by atoms with Crippen LogP contribution in [-0.4, -0.2) is 60.0 Å². The molecule has 0 saturated carbocycles. The first kappa shape index (κ1) is 17.1. The van der Waals surface area contributed by atoms with Crippen molar-refractivity contribution < 1.29 is 9.53 Å². The molecule has 2 amide bonds.